The maximum absolute atomic E-state index is 14.7. The van der Waals surface area contributed by atoms with Gasteiger partial charge in [0, 0.05) is 11.4 Å². The third-order valence-corrected chi connectivity index (χ3v) is 8.62. The Labute approximate surface area is 210 Å². The van der Waals surface area contributed by atoms with Crippen LogP contribution in [0.3, 0.4) is 0 Å². The topological polar surface area (TPSA) is 88.1 Å². The van der Waals surface area contributed by atoms with Crippen LogP contribution < -0.4 is 24.3 Å². The highest BCUT2D eigenvalue weighted by atomic mass is 79.9. The zero-order valence-electron chi connectivity index (χ0n) is 18.8. The molecule has 0 aliphatic heterocycles. The fourth-order valence-electron chi connectivity index (χ4n) is 3.50. The van der Waals surface area contributed by atoms with Crippen molar-refractivity contribution < 1.29 is 33.1 Å². The van der Waals surface area contributed by atoms with Crippen LogP contribution in [0.4, 0.5) is 0 Å². The van der Waals surface area contributed by atoms with Crippen LogP contribution in [0.15, 0.2) is 59.1 Å². The lowest BCUT2D eigenvalue weighted by Gasteiger charge is -2.22. The van der Waals surface area contributed by atoms with Crippen LogP contribution in [0.2, 0.25) is 5.02 Å². The Morgan fingerprint density at radius 1 is 0.765 bits per heavy atom. The van der Waals surface area contributed by atoms with Gasteiger partial charge in [-0.2, -0.15) is 0 Å². The van der Waals surface area contributed by atoms with Crippen molar-refractivity contribution in [3.63, 3.8) is 0 Å². The highest BCUT2D eigenvalue weighted by Crippen LogP contribution is 2.57. The minimum atomic E-state index is -4.57. The van der Waals surface area contributed by atoms with Gasteiger partial charge in [0.1, 0.15) is 17.1 Å². The quantitative estimate of drug-likeness (QED) is 0.302. The van der Waals surface area contributed by atoms with Crippen molar-refractivity contribution in [2.24, 2.45) is 0 Å². The van der Waals surface area contributed by atoms with Crippen molar-refractivity contribution in [3.8, 4) is 23.0 Å². The van der Waals surface area contributed by atoms with Gasteiger partial charge in [0.25, 0.3) is 0 Å². The summed E-state index contributed by atoms with van der Waals surface area (Å²) in [7, 11) is 0.837. The summed E-state index contributed by atoms with van der Waals surface area (Å²) in [4.78, 5) is 28.1. The molecule has 3 aromatic carbocycles. The average molecular weight is 568 g/mol. The number of hydrogen-bond acceptors (Lipinski definition) is 7. The Morgan fingerprint density at radius 2 is 1.35 bits per heavy atom. The van der Waals surface area contributed by atoms with E-state index in [0.717, 1.165) is 0 Å². The van der Waals surface area contributed by atoms with E-state index in [2.05, 4.69) is 15.9 Å². The van der Waals surface area contributed by atoms with Gasteiger partial charge in [-0.15, -0.1) is 0 Å². The van der Waals surface area contributed by atoms with Crippen LogP contribution in [0.1, 0.15) is 20.7 Å². The Balaban J connectivity index is 2.41. The zero-order valence-corrected chi connectivity index (χ0v) is 22.0. The highest BCUT2D eigenvalue weighted by Gasteiger charge is 2.47. The number of carbonyl (C=O) groups is 2. The first-order chi connectivity index (χ1) is 16.3. The van der Waals surface area contributed by atoms with Gasteiger partial charge >= 0.3 is 0 Å². The molecular weight excluding hydrogens is 547 g/mol. The van der Waals surface area contributed by atoms with E-state index < -0.39 is 18.2 Å². The molecule has 1 atom stereocenters. The molecular formula is C24H21BrClO7P. The Morgan fingerprint density at radius 3 is 1.91 bits per heavy atom. The molecule has 1 unspecified atom stereocenters. The summed E-state index contributed by atoms with van der Waals surface area (Å²) in [5.41, 5.74) is -2.34. The lowest BCUT2D eigenvalue weighted by molar-refractivity contribution is 0.103. The third-order valence-electron chi connectivity index (χ3n) is 5.10. The van der Waals surface area contributed by atoms with Crippen molar-refractivity contribution in [2.45, 2.75) is 0 Å². The number of carbonyl (C=O) groups excluding carboxylic acids is 2. The van der Waals surface area contributed by atoms with E-state index in [1.165, 1.54) is 52.7 Å². The molecule has 0 saturated heterocycles. The van der Waals surface area contributed by atoms with Crippen molar-refractivity contribution in [1.29, 1.82) is 0 Å². The second-order valence-corrected chi connectivity index (χ2v) is 10.7. The molecule has 0 amide bonds. The molecule has 0 heterocycles. The Bertz CT molecular complexity index is 1290. The lowest BCUT2D eigenvalue weighted by Crippen LogP contribution is -2.22. The number of methoxy groups -OCH3 is 4. The maximum atomic E-state index is 14.7. The fraction of sp³-hybridized carbons (Fsp3) is 0.167. The first kappa shape index (κ1) is 25.8. The van der Waals surface area contributed by atoms with Crippen LogP contribution in [0.5, 0.6) is 23.0 Å². The summed E-state index contributed by atoms with van der Waals surface area (Å²) in [6.45, 7) is 0. The summed E-state index contributed by atoms with van der Waals surface area (Å²) in [6, 6.07) is 13.8. The fourth-order valence-corrected chi connectivity index (χ4v) is 6.70. The number of hydrogen-bond donors (Lipinski definition) is 0. The van der Waals surface area contributed by atoms with Gasteiger partial charge in [0.15, 0.2) is 11.5 Å². The summed E-state index contributed by atoms with van der Waals surface area (Å²) in [6.07, 6.45) is 0. The van der Waals surface area contributed by atoms with Crippen molar-refractivity contribution in [2.75, 3.05) is 28.4 Å². The second kappa shape index (κ2) is 10.6. The van der Waals surface area contributed by atoms with Crippen LogP contribution in [0, 0.1) is 0 Å². The van der Waals surface area contributed by atoms with Gasteiger partial charge in [-0.1, -0.05) is 48.0 Å². The predicted molar refractivity (Wildman–Crippen MR) is 134 cm³/mol. The molecule has 3 aromatic rings. The number of benzene rings is 3. The monoisotopic (exact) mass is 566 g/mol. The first-order valence-electron chi connectivity index (χ1n) is 9.82. The van der Waals surface area contributed by atoms with E-state index in [9.17, 15) is 14.2 Å². The van der Waals surface area contributed by atoms with Crippen molar-refractivity contribution in [1.82, 2.24) is 0 Å². The third kappa shape index (κ3) is 4.33. The molecule has 34 heavy (non-hydrogen) atoms. The van der Waals surface area contributed by atoms with E-state index in [0.29, 0.717) is 4.47 Å². The Hall–Kier alpha value is -2.80. The normalized spacial score (nSPS) is 12.4. The van der Waals surface area contributed by atoms with E-state index in [4.69, 9.17) is 30.5 Å². The summed E-state index contributed by atoms with van der Waals surface area (Å²) >= 11 is 9.67. The second-order valence-electron chi connectivity index (χ2n) is 6.87. The molecule has 3 rings (SSSR count). The molecule has 0 saturated carbocycles. The molecule has 0 aliphatic rings. The minimum absolute atomic E-state index is 0.000871. The van der Waals surface area contributed by atoms with E-state index in [1.807, 2.05) is 0 Å². The molecule has 0 N–H and O–H groups in total. The van der Waals surface area contributed by atoms with Gasteiger partial charge < -0.3 is 23.5 Å². The number of rotatable bonds is 9. The maximum Gasteiger partial charge on any atom is 0.249 e. The molecule has 0 aromatic heterocycles. The molecule has 0 radical (unpaired) electrons. The zero-order chi connectivity index (χ0) is 25.0. The van der Waals surface area contributed by atoms with Crippen LogP contribution >= 0.6 is 34.7 Å². The molecule has 0 spiro atoms. The molecule has 178 valence electrons. The molecule has 7 nitrogen and oxygen atoms in total. The lowest BCUT2D eigenvalue weighted by atomic mass is 10.1. The largest absolute Gasteiger partial charge is 0.496 e. The molecule has 10 heteroatoms. The van der Waals surface area contributed by atoms with Crippen molar-refractivity contribution in [3.05, 3.63) is 75.2 Å². The summed E-state index contributed by atoms with van der Waals surface area (Å²) in [5.74, 6) is 0.286. The Kier molecular flexibility index (Phi) is 8.08. The predicted octanol–water partition coefficient (Wildman–Crippen LogP) is 5.81. The van der Waals surface area contributed by atoms with Gasteiger partial charge in [0.2, 0.25) is 18.2 Å². The molecule has 0 fully saturated rings. The summed E-state index contributed by atoms with van der Waals surface area (Å²) in [5, 5.41) is 0.0223. The smallest absolute Gasteiger partial charge is 0.249 e. The minimum Gasteiger partial charge on any atom is -0.496 e. The first-order valence-corrected chi connectivity index (χ1v) is 12.7. The van der Waals surface area contributed by atoms with Crippen molar-refractivity contribution >= 4 is 51.0 Å². The van der Waals surface area contributed by atoms with Gasteiger partial charge in [-0.3, -0.25) is 9.59 Å². The molecule has 0 bridgehead atoms. The van der Waals surface area contributed by atoms with E-state index >= 15 is 0 Å². The van der Waals surface area contributed by atoms with E-state index in [-0.39, 0.29) is 44.5 Å². The standard InChI is InChI=1S/C24H21BrClO7P/c1-30-17-12-8-11-16(26)19(17)23(27)34(29,14-9-6-5-7-10-14)24(28)20-21(32-3)15(25)13-18(31-2)22(20)33-4/h5-13H,1-4H3. The highest BCUT2D eigenvalue weighted by molar-refractivity contribution is 9.10. The summed E-state index contributed by atoms with van der Waals surface area (Å²) < 4.78 is 36.6. The van der Waals surface area contributed by atoms with Crippen LogP contribution in [-0.2, 0) is 4.57 Å². The van der Waals surface area contributed by atoms with Crippen LogP contribution in [0.25, 0.3) is 0 Å². The average Bonchev–Trinajstić information content (AvgIpc) is 2.86. The van der Waals surface area contributed by atoms with Crippen LogP contribution in [-0.4, -0.2) is 39.5 Å². The van der Waals surface area contributed by atoms with Gasteiger partial charge in [0.05, 0.1) is 43.5 Å². The van der Waals surface area contributed by atoms with Gasteiger partial charge in [-0.05, 0) is 28.1 Å². The number of halogens is 2. The SMILES string of the molecule is COc1cc(Br)c(OC)c(C(=O)P(=O)(C(=O)c2c(Cl)cccc2OC)c2ccccc2)c1OC. The van der Waals surface area contributed by atoms with Gasteiger partial charge in [-0.25, -0.2) is 0 Å². The molecule has 0 aliphatic carbocycles. The number of ether oxygens (including phenoxy) is 4. The van der Waals surface area contributed by atoms with E-state index in [1.54, 1.807) is 30.3 Å².